The van der Waals surface area contributed by atoms with Crippen molar-refractivity contribution in [3.63, 3.8) is 0 Å². The molecule has 0 aromatic heterocycles. The highest BCUT2D eigenvalue weighted by atomic mass is 32.2. The minimum absolute atomic E-state index is 0.932. The highest BCUT2D eigenvalue weighted by Gasteiger charge is 2.05. The number of rotatable bonds is 10. The van der Waals surface area contributed by atoms with Crippen molar-refractivity contribution in [1.29, 1.82) is 0 Å². The monoisotopic (exact) mass is 228 g/mol. The first-order valence-corrected chi connectivity index (χ1v) is 7.62. The van der Waals surface area contributed by atoms with E-state index in [4.69, 9.17) is 0 Å². The van der Waals surface area contributed by atoms with Gasteiger partial charge in [0.25, 0.3) is 0 Å². The van der Waals surface area contributed by atoms with Gasteiger partial charge in [0.15, 0.2) is 0 Å². The Morgan fingerprint density at radius 2 is 1.87 bits per heavy atom. The highest BCUT2D eigenvalue weighted by Crippen LogP contribution is 2.22. The molecule has 0 aliphatic heterocycles. The standard InChI is InChI=1S/C14H28S/c1-4-7-8-9-10-11-13-14(12-5-2)15-6-3/h4,7,14H,5-6,8-13H2,1-3H3. The molecule has 0 heterocycles. The molecule has 0 aliphatic rings. The lowest BCUT2D eigenvalue weighted by molar-refractivity contribution is 0.603. The lowest BCUT2D eigenvalue weighted by Gasteiger charge is -2.14. The maximum absolute atomic E-state index is 2.30. The van der Waals surface area contributed by atoms with Crippen molar-refractivity contribution in [2.24, 2.45) is 0 Å². The second-order valence-electron chi connectivity index (χ2n) is 4.07. The number of allylic oxidation sites excluding steroid dienone is 2. The number of hydrogen-bond donors (Lipinski definition) is 0. The Kier molecular flexibility index (Phi) is 12.2. The molecule has 0 N–H and O–H groups in total. The lowest BCUT2D eigenvalue weighted by Crippen LogP contribution is -2.02. The normalized spacial score (nSPS) is 13.5. The Labute approximate surface area is 101 Å². The van der Waals surface area contributed by atoms with Crippen LogP contribution in [0, 0.1) is 0 Å². The van der Waals surface area contributed by atoms with E-state index in [9.17, 15) is 0 Å². The summed E-state index contributed by atoms with van der Waals surface area (Å²) < 4.78 is 0. The summed E-state index contributed by atoms with van der Waals surface area (Å²) in [6.07, 6.45) is 14.1. The molecule has 0 radical (unpaired) electrons. The van der Waals surface area contributed by atoms with Crippen LogP contribution in [0.25, 0.3) is 0 Å². The van der Waals surface area contributed by atoms with E-state index in [1.807, 2.05) is 0 Å². The Bertz CT molecular complexity index is 134. The van der Waals surface area contributed by atoms with Crippen molar-refractivity contribution >= 4 is 11.8 Å². The van der Waals surface area contributed by atoms with E-state index < -0.39 is 0 Å². The molecular formula is C14H28S. The van der Waals surface area contributed by atoms with E-state index in [-0.39, 0.29) is 0 Å². The summed E-state index contributed by atoms with van der Waals surface area (Å²) in [5, 5.41) is 0.932. The lowest BCUT2D eigenvalue weighted by atomic mass is 10.1. The Hall–Kier alpha value is 0.0900. The third-order valence-electron chi connectivity index (χ3n) is 2.65. The fourth-order valence-corrected chi connectivity index (χ4v) is 3.05. The van der Waals surface area contributed by atoms with Gasteiger partial charge in [-0.3, -0.25) is 0 Å². The third kappa shape index (κ3) is 10.4. The quantitative estimate of drug-likeness (QED) is 0.354. The van der Waals surface area contributed by atoms with Gasteiger partial charge >= 0.3 is 0 Å². The molecule has 0 saturated carbocycles. The van der Waals surface area contributed by atoms with Crippen LogP contribution in [0.2, 0.25) is 0 Å². The van der Waals surface area contributed by atoms with E-state index in [0.29, 0.717) is 0 Å². The molecule has 1 unspecified atom stereocenters. The molecule has 0 saturated heterocycles. The van der Waals surface area contributed by atoms with Crippen molar-refractivity contribution in [3.05, 3.63) is 12.2 Å². The van der Waals surface area contributed by atoms with Crippen molar-refractivity contribution < 1.29 is 0 Å². The summed E-state index contributed by atoms with van der Waals surface area (Å²) in [7, 11) is 0. The number of unbranched alkanes of at least 4 members (excludes halogenated alkanes) is 3. The minimum Gasteiger partial charge on any atom is -0.159 e. The Morgan fingerprint density at radius 3 is 2.47 bits per heavy atom. The van der Waals surface area contributed by atoms with Crippen LogP contribution < -0.4 is 0 Å². The van der Waals surface area contributed by atoms with Gasteiger partial charge in [-0.2, -0.15) is 11.8 Å². The van der Waals surface area contributed by atoms with Crippen molar-refractivity contribution in [2.75, 3.05) is 5.75 Å². The summed E-state index contributed by atoms with van der Waals surface area (Å²) in [5.74, 6) is 1.28. The molecule has 0 nitrogen and oxygen atoms in total. The zero-order valence-electron chi connectivity index (χ0n) is 10.8. The van der Waals surface area contributed by atoms with E-state index in [0.717, 1.165) is 5.25 Å². The van der Waals surface area contributed by atoms with Gasteiger partial charge in [-0.15, -0.1) is 0 Å². The molecule has 0 aliphatic carbocycles. The second-order valence-corrected chi connectivity index (χ2v) is 5.65. The molecule has 0 amide bonds. The molecular weight excluding hydrogens is 200 g/mol. The van der Waals surface area contributed by atoms with Crippen LogP contribution >= 0.6 is 11.8 Å². The van der Waals surface area contributed by atoms with E-state index in [2.05, 4.69) is 44.7 Å². The molecule has 0 aromatic carbocycles. The maximum atomic E-state index is 2.30. The average Bonchev–Trinajstić information content (AvgIpc) is 2.24. The van der Waals surface area contributed by atoms with Gasteiger partial charge < -0.3 is 0 Å². The molecule has 0 rings (SSSR count). The number of hydrogen-bond acceptors (Lipinski definition) is 1. The molecule has 0 bridgehead atoms. The molecule has 0 fully saturated rings. The largest absolute Gasteiger partial charge is 0.159 e. The minimum atomic E-state index is 0.932. The molecule has 0 spiro atoms. The number of thioether (sulfide) groups is 1. The van der Waals surface area contributed by atoms with Crippen LogP contribution in [0.1, 0.15) is 65.7 Å². The summed E-state index contributed by atoms with van der Waals surface area (Å²) in [6.45, 7) is 6.68. The average molecular weight is 228 g/mol. The van der Waals surface area contributed by atoms with E-state index >= 15 is 0 Å². The summed E-state index contributed by atoms with van der Waals surface area (Å²) in [6, 6.07) is 0. The molecule has 0 aromatic rings. The zero-order valence-corrected chi connectivity index (χ0v) is 11.6. The summed E-state index contributed by atoms with van der Waals surface area (Å²) in [5.41, 5.74) is 0. The third-order valence-corrected chi connectivity index (χ3v) is 3.92. The summed E-state index contributed by atoms with van der Waals surface area (Å²) in [4.78, 5) is 0. The van der Waals surface area contributed by atoms with Crippen LogP contribution in [0.15, 0.2) is 12.2 Å². The van der Waals surface area contributed by atoms with Crippen molar-refractivity contribution in [2.45, 2.75) is 71.0 Å². The Morgan fingerprint density at radius 1 is 1.07 bits per heavy atom. The van der Waals surface area contributed by atoms with Crippen LogP contribution in [0.3, 0.4) is 0 Å². The van der Waals surface area contributed by atoms with Gasteiger partial charge in [0.05, 0.1) is 0 Å². The second kappa shape index (κ2) is 12.2. The Balaban J connectivity index is 3.35. The van der Waals surface area contributed by atoms with Crippen molar-refractivity contribution in [3.8, 4) is 0 Å². The fourth-order valence-electron chi connectivity index (χ4n) is 1.85. The fraction of sp³-hybridized carbons (Fsp3) is 0.857. The van der Waals surface area contributed by atoms with Crippen LogP contribution in [-0.4, -0.2) is 11.0 Å². The van der Waals surface area contributed by atoms with Crippen LogP contribution in [0.5, 0.6) is 0 Å². The van der Waals surface area contributed by atoms with Crippen LogP contribution in [-0.2, 0) is 0 Å². The van der Waals surface area contributed by atoms with Gasteiger partial charge in [0.1, 0.15) is 0 Å². The first-order chi connectivity index (χ1) is 7.35. The highest BCUT2D eigenvalue weighted by molar-refractivity contribution is 7.99. The van der Waals surface area contributed by atoms with E-state index in [1.54, 1.807) is 0 Å². The zero-order chi connectivity index (χ0) is 11.4. The molecule has 90 valence electrons. The van der Waals surface area contributed by atoms with Gasteiger partial charge in [-0.05, 0) is 38.4 Å². The predicted octanol–water partition coefficient (Wildman–Crippen LogP) is 5.43. The first-order valence-electron chi connectivity index (χ1n) is 6.57. The smallest absolute Gasteiger partial charge is 0.00468 e. The topological polar surface area (TPSA) is 0 Å². The maximum Gasteiger partial charge on any atom is 0.00468 e. The molecule has 1 atom stereocenters. The van der Waals surface area contributed by atoms with Crippen LogP contribution in [0.4, 0.5) is 0 Å². The van der Waals surface area contributed by atoms with Gasteiger partial charge in [0, 0.05) is 5.25 Å². The van der Waals surface area contributed by atoms with Gasteiger partial charge in [-0.25, -0.2) is 0 Å². The van der Waals surface area contributed by atoms with Gasteiger partial charge in [0.2, 0.25) is 0 Å². The molecule has 15 heavy (non-hydrogen) atoms. The first kappa shape index (κ1) is 15.1. The van der Waals surface area contributed by atoms with E-state index in [1.165, 1.54) is 50.7 Å². The van der Waals surface area contributed by atoms with Crippen molar-refractivity contribution in [1.82, 2.24) is 0 Å². The SMILES string of the molecule is CC=CCCCCCC(CCC)SCC. The van der Waals surface area contributed by atoms with Gasteiger partial charge in [-0.1, -0.05) is 45.3 Å². The predicted molar refractivity (Wildman–Crippen MR) is 74.7 cm³/mol. The summed E-state index contributed by atoms with van der Waals surface area (Å²) >= 11 is 2.16. The molecule has 1 heteroatoms.